The number of nitrogens with zero attached hydrogens (tertiary/aromatic N) is 5. The lowest BCUT2D eigenvalue weighted by molar-refractivity contribution is -0.133. The molecule has 3 amide bonds. The van der Waals surface area contributed by atoms with E-state index in [0.717, 1.165) is 5.69 Å². The van der Waals surface area contributed by atoms with Crippen LogP contribution >= 0.6 is 11.6 Å². The predicted molar refractivity (Wildman–Crippen MR) is 115 cm³/mol. The third-order valence-electron chi connectivity index (χ3n) is 5.43. The fraction of sp³-hybridized carbons (Fsp3) is 0.429. The maximum atomic E-state index is 12.8. The van der Waals surface area contributed by atoms with E-state index >= 15 is 0 Å². The van der Waals surface area contributed by atoms with Crippen molar-refractivity contribution >= 4 is 29.2 Å². The van der Waals surface area contributed by atoms with E-state index in [2.05, 4.69) is 9.97 Å². The molecule has 1 aromatic heterocycles. The van der Waals surface area contributed by atoms with Crippen molar-refractivity contribution in [2.75, 3.05) is 44.7 Å². The number of urea groups is 1. The molecule has 2 fully saturated rings. The van der Waals surface area contributed by atoms with Gasteiger partial charge in [0.05, 0.1) is 7.11 Å². The average molecular weight is 446 g/mol. The Morgan fingerprint density at radius 1 is 1.13 bits per heavy atom. The maximum Gasteiger partial charge on any atom is 0.325 e. The van der Waals surface area contributed by atoms with Crippen LogP contribution in [0.2, 0.25) is 5.02 Å². The number of anilines is 1. The number of ether oxygens (including phenoxy) is 2. The first kappa shape index (κ1) is 21.2. The SMILES string of the molecule is COc1nccc(OC2CCN(C(=O)CN3CCN(c4ccc(Cl)cc4)C3=O)CC2)n1. The molecule has 9 nitrogen and oxygen atoms in total. The highest BCUT2D eigenvalue weighted by Gasteiger charge is 2.33. The Balaban J connectivity index is 1.26. The third kappa shape index (κ3) is 4.99. The van der Waals surface area contributed by atoms with Crippen molar-refractivity contribution in [2.24, 2.45) is 0 Å². The van der Waals surface area contributed by atoms with E-state index in [9.17, 15) is 9.59 Å². The van der Waals surface area contributed by atoms with E-state index in [0.29, 0.717) is 49.9 Å². The van der Waals surface area contributed by atoms with Gasteiger partial charge >= 0.3 is 12.0 Å². The minimum atomic E-state index is -0.161. The van der Waals surface area contributed by atoms with Gasteiger partial charge in [0.1, 0.15) is 12.6 Å². The van der Waals surface area contributed by atoms with Gasteiger partial charge in [-0.1, -0.05) is 11.6 Å². The highest BCUT2D eigenvalue weighted by Crippen LogP contribution is 2.23. The summed E-state index contributed by atoms with van der Waals surface area (Å²) in [5.41, 5.74) is 0.781. The Hall–Kier alpha value is -3.07. The first-order valence-electron chi connectivity index (χ1n) is 10.2. The molecule has 1 aromatic carbocycles. The van der Waals surface area contributed by atoms with Crippen molar-refractivity contribution in [3.8, 4) is 11.9 Å². The number of benzene rings is 1. The molecule has 31 heavy (non-hydrogen) atoms. The van der Waals surface area contributed by atoms with Crippen LogP contribution < -0.4 is 14.4 Å². The van der Waals surface area contributed by atoms with E-state index in [1.54, 1.807) is 39.1 Å². The second kappa shape index (κ2) is 9.38. The average Bonchev–Trinajstić information content (AvgIpc) is 3.15. The fourth-order valence-electron chi connectivity index (χ4n) is 3.74. The van der Waals surface area contributed by atoms with E-state index in [1.807, 2.05) is 12.1 Å². The summed E-state index contributed by atoms with van der Waals surface area (Å²) < 4.78 is 10.9. The van der Waals surface area contributed by atoms with Gasteiger partial charge in [0.25, 0.3) is 0 Å². The largest absolute Gasteiger partial charge is 0.474 e. The molecule has 0 unspecified atom stereocenters. The first-order valence-corrected chi connectivity index (χ1v) is 10.5. The summed E-state index contributed by atoms with van der Waals surface area (Å²) in [6.45, 7) is 2.30. The predicted octanol–water partition coefficient (Wildman–Crippen LogP) is 2.45. The molecule has 0 aliphatic carbocycles. The highest BCUT2D eigenvalue weighted by molar-refractivity contribution is 6.30. The molecule has 0 bridgehead atoms. The van der Waals surface area contributed by atoms with Crippen LogP contribution in [0.3, 0.4) is 0 Å². The standard InChI is InChI=1S/C21H24ClN5O4/c1-30-20-23-9-6-18(24-20)31-17-7-10-25(11-8-17)19(28)14-26-12-13-27(21(26)29)16-4-2-15(22)3-5-16/h2-6,9,17H,7-8,10-14H2,1H3. The molecule has 2 saturated heterocycles. The molecule has 3 heterocycles. The van der Waals surface area contributed by atoms with Gasteiger partial charge in [-0.05, 0) is 24.3 Å². The summed E-state index contributed by atoms with van der Waals surface area (Å²) in [5, 5.41) is 0.619. The van der Waals surface area contributed by atoms with Crippen LogP contribution in [0.4, 0.5) is 10.5 Å². The number of methoxy groups -OCH3 is 1. The zero-order valence-corrected chi connectivity index (χ0v) is 18.0. The first-order chi connectivity index (χ1) is 15.0. The molecule has 0 saturated carbocycles. The van der Waals surface area contributed by atoms with Gasteiger partial charge in [0.15, 0.2) is 0 Å². The third-order valence-corrected chi connectivity index (χ3v) is 5.68. The minimum Gasteiger partial charge on any atom is -0.474 e. The smallest absolute Gasteiger partial charge is 0.325 e. The van der Waals surface area contributed by atoms with Crippen LogP contribution in [0.5, 0.6) is 11.9 Å². The van der Waals surface area contributed by atoms with Crippen LogP contribution in [-0.4, -0.2) is 77.6 Å². The van der Waals surface area contributed by atoms with E-state index in [1.165, 1.54) is 7.11 Å². The van der Waals surface area contributed by atoms with Crippen molar-refractivity contribution in [3.63, 3.8) is 0 Å². The Labute approximate surface area is 185 Å². The Morgan fingerprint density at radius 2 is 1.87 bits per heavy atom. The Bertz CT molecular complexity index is 934. The van der Waals surface area contributed by atoms with E-state index < -0.39 is 0 Å². The van der Waals surface area contributed by atoms with Crippen molar-refractivity contribution in [1.29, 1.82) is 0 Å². The van der Waals surface area contributed by atoms with Crippen LogP contribution in [-0.2, 0) is 4.79 Å². The normalized spacial score (nSPS) is 17.2. The molecule has 0 radical (unpaired) electrons. The molecule has 0 spiro atoms. The van der Waals surface area contributed by atoms with Gasteiger partial charge < -0.3 is 19.3 Å². The summed E-state index contributed by atoms with van der Waals surface area (Å²) in [5.74, 6) is 0.412. The van der Waals surface area contributed by atoms with Gasteiger partial charge in [0, 0.05) is 62.0 Å². The summed E-state index contributed by atoms with van der Waals surface area (Å²) in [6, 6.07) is 8.90. The number of hydrogen-bond donors (Lipinski definition) is 0. The topological polar surface area (TPSA) is 88.1 Å². The summed E-state index contributed by atoms with van der Waals surface area (Å²) in [4.78, 5) is 38.6. The van der Waals surface area contributed by atoms with Gasteiger partial charge in [-0.2, -0.15) is 4.98 Å². The lowest BCUT2D eigenvalue weighted by atomic mass is 10.1. The van der Waals surface area contributed by atoms with Crippen molar-refractivity contribution < 1.29 is 19.1 Å². The molecule has 2 aliphatic rings. The van der Waals surface area contributed by atoms with Crippen LogP contribution in [0.15, 0.2) is 36.5 Å². The zero-order valence-electron chi connectivity index (χ0n) is 17.2. The highest BCUT2D eigenvalue weighted by atomic mass is 35.5. The van der Waals surface area contributed by atoms with E-state index in [-0.39, 0.29) is 30.6 Å². The Kier molecular flexibility index (Phi) is 6.41. The molecular formula is C21H24ClN5O4. The number of rotatable bonds is 6. The molecule has 2 aliphatic heterocycles. The molecule has 0 N–H and O–H groups in total. The number of carbonyl (C=O) groups is 2. The van der Waals surface area contributed by atoms with Crippen LogP contribution in [0, 0.1) is 0 Å². The molecule has 0 atom stereocenters. The van der Waals surface area contributed by atoms with Gasteiger partial charge in [-0.25, -0.2) is 9.78 Å². The lowest BCUT2D eigenvalue weighted by Gasteiger charge is -2.32. The van der Waals surface area contributed by atoms with Gasteiger partial charge in [-0.3, -0.25) is 9.69 Å². The number of carbonyl (C=O) groups excluding carboxylic acids is 2. The van der Waals surface area contributed by atoms with E-state index in [4.69, 9.17) is 21.1 Å². The molecule has 4 rings (SSSR count). The van der Waals surface area contributed by atoms with Crippen LogP contribution in [0.1, 0.15) is 12.8 Å². The number of aromatic nitrogens is 2. The second-order valence-corrected chi connectivity index (χ2v) is 7.85. The zero-order chi connectivity index (χ0) is 21.8. The van der Waals surface area contributed by atoms with Crippen molar-refractivity contribution in [2.45, 2.75) is 18.9 Å². The maximum absolute atomic E-state index is 12.8. The lowest BCUT2D eigenvalue weighted by Crippen LogP contribution is -2.47. The molecular weight excluding hydrogens is 422 g/mol. The number of piperidine rings is 1. The second-order valence-electron chi connectivity index (χ2n) is 7.41. The van der Waals surface area contributed by atoms with Crippen molar-refractivity contribution in [3.05, 3.63) is 41.6 Å². The summed E-state index contributed by atoms with van der Waals surface area (Å²) >= 11 is 5.92. The van der Waals surface area contributed by atoms with Crippen molar-refractivity contribution in [1.82, 2.24) is 19.8 Å². The monoisotopic (exact) mass is 445 g/mol. The van der Waals surface area contributed by atoms with Crippen LogP contribution in [0.25, 0.3) is 0 Å². The number of likely N-dealkylation sites (tertiary alicyclic amines) is 1. The molecule has 10 heteroatoms. The fourth-order valence-corrected chi connectivity index (χ4v) is 3.86. The number of hydrogen-bond acceptors (Lipinski definition) is 6. The summed E-state index contributed by atoms with van der Waals surface area (Å²) in [7, 11) is 1.50. The summed E-state index contributed by atoms with van der Waals surface area (Å²) in [6.07, 6.45) is 2.95. The quantitative estimate of drug-likeness (QED) is 0.678. The van der Waals surface area contributed by atoms with Gasteiger partial charge in [0.2, 0.25) is 11.8 Å². The minimum absolute atomic E-state index is 0.0301. The van der Waals surface area contributed by atoms with Gasteiger partial charge in [-0.15, -0.1) is 0 Å². The number of halogens is 1. The molecule has 164 valence electrons. The molecule has 2 aromatic rings. The Morgan fingerprint density at radius 3 is 2.58 bits per heavy atom. The number of amides is 3.